The van der Waals surface area contributed by atoms with Gasteiger partial charge in [-0.2, -0.15) is 4.31 Å². The third-order valence-electron chi connectivity index (χ3n) is 4.82. The SMILES string of the molecule is COC(=O)C(CO)N(Cc1ccccc1[N+](=O)[O-])S(=O)(=O)c1ccc(Oc2ccncc2)cc1. The summed E-state index contributed by atoms with van der Waals surface area (Å²) in [7, 11) is -3.37. The first-order valence-electron chi connectivity index (χ1n) is 9.88. The molecule has 11 nitrogen and oxygen atoms in total. The van der Waals surface area contributed by atoms with Crippen molar-refractivity contribution in [3.8, 4) is 11.5 Å². The lowest BCUT2D eigenvalue weighted by atomic mass is 10.1. The largest absolute Gasteiger partial charge is 0.468 e. The Morgan fingerprint density at radius 3 is 2.29 bits per heavy atom. The van der Waals surface area contributed by atoms with Crippen LogP contribution in [-0.4, -0.2) is 53.5 Å². The van der Waals surface area contributed by atoms with Crippen molar-refractivity contribution in [1.29, 1.82) is 0 Å². The van der Waals surface area contributed by atoms with Gasteiger partial charge in [-0.1, -0.05) is 18.2 Å². The molecular formula is C22H21N3O8S. The second-order valence-electron chi connectivity index (χ2n) is 6.91. The monoisotopic (exact) mass is 487 g/mol. The van der Waals surface area contributed by atoms with Crippen molar-refractivity contribution >= 4 is 21.7 Å². The number of sulfonamides is 1. The summed E-state index contributed by atoms with van der Waals surface area (Å²) >= 11 is 0. The Labute approximate surface area is 195 Å². The maximum Gasteiger partial charge on any atom is 0.326 e. The lowest BCUT2D eigenvalue weighted by Gasteiger charge is -2.28. The first-order valence-corrected chi connectivity index (χ1v) is 11.3. The summed E-state index contributed by atoms with van der Waals surface area (Å²) < 4.78 is 38.0. The van der Waals surface area contributed by atoms with Crippen molar-refractivity contribution in [2.75, 3.05) is 13.7 Å². The Kier molecular flexibility index (Phi) is 7.89. The molecule has 2 aromatic carbocycles. The van der Waals surface area contributed by atoms with E-state index in [-0.39, 0.29) is 16.1 Å². The molecule has 0 fully saturated rings. The summed E-state index contributed by atoms with van der Waals surface area (Å²) in [6, 6.07) is 12.5. The van der Waals surface area contributed by atoms with Gasteiger partial charge in [-0.25, -0.2) is 8.42 Å². The Hall–Kier alpha value is -3.87. The molecule has 3 aromatic rings. The van der Waals surface area contributed by atoms with Crippen LogP contribution in [-0.2, 0) is 26.1 Å². The number of hydrogen-bond acceptors (Lipinski definition) is 9. The van der Waals surface area contributed by atoms with Crippen molar-refractivity contribution in [2.45, 2.75) is 17.5 Å². The third-order valence-corrected chi connectivity index (χ3v) is 6.69. The summed E-state index contributed by atoms with van der Waals surface area (Å²) in [5.74, 6) is -0.168. The Morgan fingerprint density at radius 2 is 1.71 bits per heavy atom. The number of hydrogen-bond donors (Lipinski definition) is 1. The number of aliphatic hydroxyl groups is 1. The predicted molar refractivity (Wildman–Crippen MR) is 119 cm³/mol. The van der Waals surface area contributed by atoms with Crippen LogP contribution in [0.25, 0.3) is 0 Å². The number of nitro benzene ring substituents is 1. The lowest BCUT2D eigenvalue weighted by molar-refractivity contribution is -0.385. The van der Waals surface area contributed by atoms with Crippen LogP contribution in [0.5, 0.6) is 11.5 Å². The van der Waals surface area contributed by atoms with Crippen molar-refractivity contribution in [1.82, 2.24) is 9.29 Å². The molecule has 1 aromatic heterocycles. The maximum absolute atomic E-state index is 13.5. The number of nitro groups is 1. The molecule has 1 atom stereocenters. The fourth-order valence-electron chi connectivity index (χ4n) is 3.13. The molecule has 0 aliphatic rings. The highest BCUT2D eigenvalue weighted by atomic mass is 32.2. The first kappa shape index (κ1) is 24.8. The number of aromatic nitrogens is 1. The molecule has 0 spiro atoms. The summed E-state index contributed by atoms with van der Waals surface area (Å²) in [5.41, 5.74) is -0.290. The summed E-state index contributed by atoms with van der Waals surface area (Å²) in [5, 5.41) is 21.2. The minimum absolute atomic E-state index is 0.0380. The zero-order valence-electron chi connectivity index (χ0n) is 18.0. The van der Waals surface area contributed by atoms with E-state index in [1.165, 1.54) is 60.9 Å². The highest BCUT2D eigenvalue weighted by molar-refractivity contribution is 7.89. The van der Waals surface area contributed by atoms with E-state index in [4.69, 9.17) is 4.74 Å². The molecule has 178 valence electrons. The zero-order chi connectivity index (χ0) is 24.7. The molecule has 12 heteroatoms. The number of carbonyl (C=O) groups is 1. The minimum Gasteiger partial charge on any atom is -0.468 e. The summed E-state index contributed by atoms with van der Waals surface area (Å²) in [6.07, 6.45) is 3.08. The highest BCUT2D eigenvalue weighted by Crippen LogP contribution is 2.28. The van der Waals surface area contributed by atoms with E-state index in [9.17, 15) is 28.4 Å². The highest BCUT2D eigenvalue weighted by Gasteiger charge is 2.37. The number of nitrogens with zero attached hydrogens (tertiary/aromatic N) is 3. The lowest BCUT2D eigenvalue weighted by Crippen LogP contribution is -2.47. The predicted octanol–water partition coefficient (Wildman–Crippen LogP) is 2.51. The quantitative estimate of drug-likeness (QED) is 0.258. The summed E-state index contributed by atoms with van der Waals surface area (Å²) in [6.45, 7) is -1.44. The molecule has 0 aliphatic carbocycles. The Morgan fingerprint density at radius 1 is 1.09 bits per heavy atom. The number of ether oxygens (including phenoxy) is 2. The molecule has 1 heterocycles. The van der Waals surface area contributed by atoms with Gasteiger partial charge in [0, 0.05) is 30.6 Å². The van der Waals surface area contributed by atoms with Gasteiger partial charge in [0.25, 0.3) is 5.69 Å². The van der Waals surface area contributed by atoms with Crippen LogP contribution < -0.4 is 4.74 Å². The molecule has 3 rings (SSSR count). The Bertz CT molecular complexity index is 1250. The summed E-state index contributed by atoms with van der Waals surface area (Å²) in [4.78, 5) is 26.7. The molecule has 0 aliphatic heterocycles. The van der Waals surface area contributed by atoms with Gasteiger partial charge in [-0.3, -0.25) is 19.9 Å². The number of para-hydroxylation sites is 1. The second kappa shape index (κ2) is 10.8. The van der Waals surface area contributed by atoms with Crippen LogP contribution in [0.3, 0.4) is 0 Å². The number of benzene rings is 2. The number of rotatable bonds is 10. The van der Waals surface area contributed by atoms with Crippen molar-refractivity contribution in [3.05, 3.63) is 88.7 Å². The minimum atomic E-state index is -4.41. The van der Waals surface area contributed by atoms with Crippen molar-refractivity contribution in [3.63, 3.8) is 0 Å². The van der Waals surface area contributed by atoms with Crippen molar-refractivity contribution < 1.29 is 32.7 Å². The van der Waals surface area contributed by atoms with Gasteiger partial charge in [-0.15, -0.1) is 0 Å². The van der Waals surface area contributed by atoms with Gasteiger partial charge in [0.05, 0.1) is 23.5 Å². The standard InChI is InChI=1S/C22H21N3O8S/c1-32-22(27)21(15-26)24(14-16-4-2-3-5-20(16)25(28)29)34(30,31)19-8-6-17(7-9-19)33-18-10-12-23-13-11-18/h2-13,21,26H,14-15H2,1H3. The van der Waals surface area contributed by atoms with Crippen LogP contribution in [0.2, 0.25) is 0 Å². The normalized spacial score (nSPS) is 12.2. The van der Waals surface area contributed by atoms with E-state index in [0.717, 1.165) is 7.11 Å². The van der Waals surface area contributed by atoms with Gasteiger partial charge in [0.15, 0.2) is 0 Å². The van der Waals surface area contributed by atoms with E-state index in [1.807, 2.05) is 0 Å². The third kappa shape index (κ3) is 5.54. The molecule has 0 amide bonds. The van der Waals surface area contributed by atoms with Crippen molar-refractivity contribution in [2.24, 2.45) is 0 Å². The zero-order valence-corrected chi connectivity index (χ0v) is 18.8. The topological polar surface area (TPSA) is 149 Å². The van der Waals surface area contributed by atoms with Gasteiger partial charge in [-0.05, 0) is 36.4 Å². The van der Waals surface area contributed by atoms with Crippen LogP contribution >= 0.6 is 0 Å². The van der Waals surface area contributed by atoms with E-state index in [0.29, 0.717) is 15.8 Å². The molecule has 1 N–H and O–H groups in total. The average Bonchev–Trinajstić information content (AvgIpc) is 2.84. The van der Waals surface area contributed by atoms with Gasteiger partial charge < -0.3 is 14.6 Å². The molecule has 34 heavy (non-hydrogen) atoms. The fraction of sp³-hybridized carbons (Fsp3) is 0.182. The molecule has 0 saturated carbocycles. The molecule has 0 bridgehead atoms. The Balaban J connectivity index is 1.99. The van der Waals surface area contributed by atoms with E-state index in [1.54, 1.807) is 12.1 Å². The molecule has 1 unspecified atom stereocenters. The number of pyridine rings is 1. The first-order chi connectivity index (χ1) is 16.3. The second-order valence-corrected chi connectivity index (χ2v) is 8.80. The van der Waals surface area contributed by atoms with E-state index in [2.05, 4.69) is 9.72 Å². The number of aliphatic hydroxyl groups excluding tert-OH is 1. The van der Waals surface area contributed by atoms with Crippen LogP contribution in [0.1, 0.15) is 5.56 Å². The number of methoxy groups -OCH3 is 1. The van der Waals surface area contributed by atoms with E-state index < -0.39 is 40.1 Å². The van der Waals surface area contributed by atoms with Crippen LogP contribution in [0.4, 0.5) is 5.69 Å². The maximum atomic E-state index is 13.5. The fourth-order valence-corrected chi connectivity index (χ4v) is 4.68. The molecular weight excluding hydrogens is 466 g/mol. The van der Waals surface area contributed by atoms with Gasteiger partial charge in [0.2, 0.25) is 10.0 Å². The molecule has 0 radical (unpaired) electrons. The van der Waals surface area contributed by atoms with Crippen LogP contribution in [0.15, 0.2) is 78.0 Å². The van der Waals surface area contributed by atoms with Gasteiger partial charge in [0.1, 0.15) is 17.5 Å². The molecule has 0 saturated heterocycles. The van der Waals surface area contributed by atoms with Crippen LogP contribution in [0, 0.1) is 10.1 Å². The number of carbonyl (C=O) groups excluding carboxylic acids is 1. The smallest absolute Gasteiger partial charge is 0.326 e. The van der Waals surface area contributed by atoms with Gasteiger partial charge >= 0.3 is 5.97 Å². The van der Waals surface area contributed by atoms with E-state index >= 15 is 0 Å². The average molecular weight is 487 g/mol. The number of esters is 1.